The Kier molecular flexibility index (Phi) is 4.40. The predicted molar refractivity (Wildman–Crippen MR) is 78.0 cm³/mol. The second-order valence-electron chi connectivity index (χ2n) is 3.92. The molecule has 94 valence electrons. The molecule has 1 nitrogen and oxygen atoms in total. The van der Waals surface area contributed by atoms with Crippen LogP contribution in [0.15, 0.2) is 40.9 Å². The lowest BCUT2D eigenvalue weighted by Gasteiger charge is -2.11. The van der Waals surface area contributed by atoms with Crippen LogP contribution < -0.4 is 4.74 Å². The number of benzene rings is 2. The third kappa shape index (κ3) is 3.12. The molecule has 0 radical (unpaired) electrons. The first-order valence-electron chi connectivity index (χ1n) is 5.38. The number of hydrogen-bond donors (Lipinski definition) is 0. The molecule has 0 saturated carbocycles. The molecule has 0 heterocycles. The number of hydrogen-bond acceptors (Lipinski definition) is 1. The fraction of sp³-hybridized carbons (Fsp3) is 0.143. The normalized spacial score (nSPS) is 10.4. The maximum absolute atomic E-state index is 13.2. The molecule has 0 aliphatic rings. The number of ether oxygens (including phenoxy) is 1. The molecule has 0 amide bonds. The van der Waals surface area contributed by atoms with Gasteiger partial charge in [0.2, 0.25) is 0 Å². The number of alkyl halides is 1. The van der Waals surface area contributed by atoms with Crippen molar-refractivity contribution in [2.45, 2.75) is 12.3 Å². The summed E-state index contributed by atoms with van der Waals surface area (Å²) in [6.45, 7) is 2.02. The summed E-state index contributed by atoms with van der Waals surface area (Å²) < 4.78 is 19.7. The van der Waals surface area contributed by atoms with Crippen molar-refractivity contribution in [2.24, 2.45) is 0 Å². The van der Waals surface area contributed by atoms with Crippen molar-refractivity contribution in [3.8, 4) is 11.5 Å². The van der Waals surface area contributed by atoms with Crippen LogP contribution >= 0.6 is 31.9 Å². The Morgan fingerprint density at radius 1 is 1.11 bits per heavy atom. The maximum Gasteiger partial charge on any atom is 0.144 e. The van der Waals surface area contributed by atoms with Crippen LogP contribution in [0.3, 0.4) is 0 Å². The van der Waals surface area contributed by atoms with Gasteiger partial charge in [-0.15, -0.1) is 0 Å². The lowest BCUT2D eigenvalue weighted by atomic mass is 10.1. The molecule has 2 aromatic carbocycles. The lowest BCUT2D eigenvalue weighted by Crippen LogP contribution is -1.92. The fourth-order valence-electron chi connectivity index (χ4n) is 1.59. The molecule has 0 unspecified atom stereocenters. The SMILES string of the molecule is Cc1ccc(Oc2cc(F)ccc2Br)c(CBr)c1. The van der Waals surface area contributed by atoms with Crippen LogP contribution in [-0.2, 0) is 5.33 Å². The van der Waals surface area contributed by atoms with E-state index >= 15 is 0 Å². The third-order valence-electron chi connectivity index (χ3n) is 2.47. The van der Waals surface area contributed by atoms with E-state index in [-0.39, 0.29) is 5.82 Å². The minimum Gasteiger partial charge on any atom is -0.456 e. The Morgan fingerprint density at radius 2 is 1.89 bits per heavy atom. The van der Waals surface area contributed by atoms with Gasteiger partial charge in [0.05, 0.1) is 4.47 Å². The van der Waals surface area contributed by atoms with Gasteiger partial charge in [-0.1, -0.05) is 33.6 Å². The molecule has 2 aromatic rings. The van der Waals surface area contributed by atoms with Crippen LogP contribution in [-0.4, -0.2) is 0 Å². The molecular formula is C14H11Br2FO. The molecule has 0 bridgehead atoms. The molecule has 0 saturated heterocycles. The van der Waals surface area contributed by atoms with Gasteiger partial charge in [0, 0.05) is 17.0 Å². The number of halogens is 3. The fourth-order valence-corrected chi connectivity index (χ4v) is 2.35. The average molecular weight is 374 g/mol. The Labute approximate surface area is 122 Å². The summed E-state index contributed by atoms with van der Waals surface area (Å²) in [5.74, 6) is 0.880. The lowest BCUT2D eigenvalue weighted by molar-refractivity contribution is 0.469. The highest BCUT2D eigenvalue weighted by Gasteiger charge is 2.08. The number of aryl methyl sites for hydroxylation is 1. The topological polar surface area (TPSA) is 9.23 Å². The maximum atomic E-state index is 13.2. The van der Waals surface area contributed by atoms with Crippen molar-refractivity contribution in [2.75, 3.05) is 0 Å². The van der Waals surface area contributed by atoms with Gasteiger partial charge in [-0.2, -0.15) is 0 Å². The van der Waals surface area contributed by atoms with E-state index in [0.29, 0.717) is 11.1 Å². The van der Waals surface area contributed by atoms with E-state index < -0.39 is 0 Å². The molecule has 0 atom stereocenters. The Morgan fingerprint density at radius 3 is 2.61 bits per heavy atom. The summed E-state index contributed by atoms with van der Waals surface area (Å²) in [6, 6.07) is 10.3. The van der Waals surface area contributed by atoms with Gasteiger partial charge in [-0.05, 0) is 41.1 Å². The van der Waals surface area contributed by atoms with Crippen molar-refractivity contribution >= 4 is 31.9 Å². The van der Waals surface area contributed by atoms with E-state index in [1.165, 1.54) is 12.1 Å². The Bertz CT molecular complexity index is 570. The minimum atomic E-state index is -0.319. The van der Waals surface area contributed by atoms with Crippen molar-refractivity contribution in [1.29, 1.82) is 0 Å². The standard InChI is InChI=1S/C14H11Br2FO/c1-9-2-5-13(10(6-9)8-15)18-14-7-11(17)3-4-12(14)16/h2-7H,8H2,1H3. The van der Waals surface area contributed by atoms with Gasteiger partial charge in [0.15, 0.2) is 0 Å². The summed E-state index contributed by atoms with van der Waals surface area (Å²) in [5, 5.41) is 0.691. The quantitative estimate of drug-likeness (QED) is 0.637. The predicted octanol–water partition coefficient (Wildman–Crippen LogP) is 5.58. The first-order chi connectivity index (χ1) is 8.60. The van der Waals surface area contributed by atoms with Crippen LogP contribution in [0.2, 0.25) is 0 Å². The van der Waals surface area contributed by atoms with Crippen LogP contribution in [0.1, 0.15) is 11.1 Å². The van der Waals surface area contributed by atoms with E-state index in [1.54, 1.807) is 6.07 Å². The van der Waals surface area contributed by atoms with Gasteiger partial charge >= 0.3 is 0 Å². The molecule has 0 N–H and O–H groups in total. The van der Waals surface area contributed by atoms with Gasteiger partial charge in [-0.25, -0.2) is 4.39 Å². The van der Waals surface area contributed by atoms with Crippen LogP contribution in [0.25, 0.3) is 0 Å². The van der Waals surface area contributed by atoms with Gasteiger partial charge < -0.3 is 4.74 Å². The number of rotatable bonds is 3. The van der Waals surface area contributed by atoms with E-state index in [0.717, 1.165) is 21.3 Å². The Hall–Kier alpha value is -0.870. The molecule has 0 fully saturated rings. The molecule has 0 aromatic heterocycles. The Balaban J connectivity index is 2.36. The zero-order valence-electron chi connectivity index (χ0n) is 9.71. The zero-order valence-corrected chi connectivity index (χ0v) is 12.9. The highest BCUT2D eigenvalue weighted by atomic mass is 79.9. The summed E-state index contributed by atoms with van der Waals surface area (Å²) in [6.07, 6.45) is 0. The van der Waals surface area contributed by atoms with Gasteiger partial charge in [-0.3, -0.25) is 0 Å². The third-order valence-corrected chi connectivity index (χ3v) is 3.73. The molecular weight excluding hydrogens is 363 g/mol. The van der Waals surface area contributed by atoms with Crippen molar-refractivity contribution in [3.63, 3.8) is 0 Å². The van der Waals surface area contributed by atoms with Crippen LogP contribution in [0.4, 0.5) is 4.39 Å². The highest BCUT2D eigenvalue weighted by molar-refractivity contribution is 9.10. The summed E-state index contributed by atoms with van der Waals surface area (Å²) in [4.78, 5) is 0. The largest absolute Gasteiger partial charge is 0.456 e. The van der Waals surface area contributed by atoms with E-state index in [1.807, 2.05) is 25.1 Å². The first-order valence-corrected chi connectivity index (χ1v) is 7.30. The van der Waals surface area contributed by atoms with Gasteiger partial charge in [0.1, 0.15) is 17.3 Å². The van der Waals surface area contributed by atoms with Crippen LogP contribution in [0, 0.1) is 12.7 Å². The molecule has 18 heavy (non-hydrogen) atoms. The van der Waals surface area contributed by atoms with Crippen molar-refractivity contribution < 1.29 is 9.13 Å². The molecule has 0 aliphatic heterocycles. The van der Waals surface area contributed by atoms with E-state index in [4.69, 9.17) is 4.74 Å². The summed E-state index contributed by atoms with van der Waals surface area (Å²) in [5.41, 5.74) is 2.20. The molecule has 4 heteroatoms. The highest BCUT2D eigenvalue weighted by Crippen LogP contribution is 2.33. The molecule has 2 rings (SSSR count). The minimum absolute atomic E-state index is 0.319. The second kappa shape index (κ2) is 5.85. The summed E-state index contributed by atoms with van der Waals surface area (Å²) in [7, 11) is 0. The first kappa shape index (κ1) is 13.6. The monoisotopic (exact) mass is 372 g/mol. The van der Waals surface area contributed by atoms with Crippen molar-refractivity contribution in [3.05, 3.63) is 57.8 Å². The smallest absolute Gasteiger partial charge is 0.144 e. The average Bonchev–Trinajstić information content (AvgIpc) is 2.36. The van der Waals surface area contributed by atoms with E-state index in [2.05, 4.69) is 31.9 Å². The zero-order chi connectivity index (χ0) is 13.1. The van der Waals surface area contributed by atoms with Crippen molar-refractivity contribution in [1.82, 2.24) is 0 Å². The summed E-state index contributed by atoms with van der Waals surface area (Å²) >= 11 is 6.77. The molecule has 0 aliphatic carbocycles. The van der Waals surface area contributed by atoms with Crippen LogP contribution in [0.5, 0.6) is 11.5 Å². The van der Waals surface area contributed by atoms with E-state index in [9.17, 15) is 4.39 Å². The van der Waals surface area contributed by atoms with Gasteiger partial charge in [0.25, 0.3) is 0 Å². The second-order valence-corrected chi connectivity index (χ2v) is 5.34. The molecule has 0 spiro atoms.